The predicted octanol–water partition coefficient (Wildman–Crippen LogP) is 4.90. The predicted molar refractivity (Wildman–Crippen MR) is 132 cm³/mol. The molecule has 2 spiro atoms. The molecule has 172 valence electrons. The molecule has 0 bridgehead atoms. The van der Waals surface area contributed by atoms with E-state index in [-0.39, 0.29) is 23.1 Å². The highest BCUT2D eigenvalue weighted by atomic mass is 19.1. The van der Waals surface area contributed by atoms with E-state index in [0.29, 0.717) is 0 Å². The molecule has 4 nitrogen and oxygen atoms in total. The van der Waals surface area contributed by atoms with E-state index in [1.165, 1.54) is 22.1 Å². The molecule has 5 heteroatoms. The summed E-state index contributed by atoms with van der Waals surface area (Å²) in [6, 6.07) is 19.8. The number of aliphatic imine (C=N–C) groups is 1. The van der Waals surface area contributed by atoms with Crippen molar-refractivity contribution in [3.05, 3.63) is 94.3 Å². The van der Waals surface area contributed by atoms with Crippen LogP contribution in [0.3, 0.4) is 0 Å². The molecule has 1 atom stereocenters. The molecule has 2 N–H and O–H groups in total. The number of hydrogen-bond acceptors (Lipinski definition) is 3. The summed E-state index contributed by atoms with van der Waals surface area (Å²) in [6.45, 7) is 1.89. The number of nitrogens with two attached hydrogens (primary N) is 1. The van der Waals surface area contributed by atoms with Gasteiger partial charge in [-0.15, -0.1) is 0 Å². The standard InChI is InChI=1S/C29H28FN3O/c1-18-13-23(15-24(30)14-18)21-7-8-22-17-28(11-9-19-5-3-4-6-20(19)10-12-28)29(25(22)16-21)26(34)33(2)27(31)32-29/h3-8,13-16H,9-12,17H2,1-2H3,(H2,31,32). The zero-order valence-electron chi connectivity index (χ0n) is 19.6. The van der Waals surface area contributed by atoms with Gasteiger partial charge in [0.1, 0.15) is 5.82 Å². The summed E-state index contributed by atoms with van der Waals surface area (Å²) < 4.78 is 14.2. The van der Waals surface area contributed by atoms with Crippen molar-refractivity contribution in [1.82, 2.24) is 4.90 Å². The van der Waals surface area contributed by atoms with Crippen LogP contribution in [0.15, 0.2) is 65.7 Å². The van der Waals surface area contributed by atoms with Gasteiger partial charge in [0.2, 0.25) is 0 Å². The van der Waals surface area contributed by atoms with Gasteiger partial charge in [-0.25, -0.2) is 9.38 Å². The molecule has 0 fully saturated rings. The molecule has 1 aliphatic heterocycles. The Balaban J connectivity index is 1.53. The number of benzene rings is 3. The lowest BCUT2D eigenvalue weighted by Gasteiger charge is -2.40. The highest BCUT2D eigenvalue weighted by Crippen LogP contribution is 2.61. The first kappa shape index (κ1) is 21.1. The number of amides is 1. The zero-order valence-corrected chi connectivity index (χ0v) is 19.6. The number of nitrogens with zero attached hydrogens (tertiary/aromatic N) is 2. The van der Waals surface area contributed by atoms with E-state index in [4.69, 9.17) is 10.7 Å². The molecule has 0 radical (unpaired) electrons. The van der Waals surface area contributed by atoms with Crippen molar-refractivity contribution in [2.75, 3.05) is 7.05 Å². The first-order valence-electron chi connectivity index (χ1n) is 11.9. The van der Waals surface area contributed by atoms with Gasteiger partial charge in [-0.05, 0) is 96.2 Å². The number of hydrogen-bond donors (Lipinski definition) is 1. The number of likely N-dealkylation sites (N-methyl/N-ethyl adjacent to an activating group) is 1. The summed E-state index contributed by atoms with van der Waals surface area (Å²) in [5.41, 5.74) is 12.2. The highest BCUT2D eigenvalue weighted by molar-refractivity contribution is 6.08. The van der Waals surface area contributed by atoms with Crippen LogP contribution in [0.2, 0.25) is 0 Å². The van der Waals surface area contributed by atoms with Crippen LogP contribution in [0.5, 0.6) is 0 Å². The molecular weight excluding hydrogens is 425 g/mol. The number of aryl methyl sites for hydroxylation is 3. The van der Waals surface area contributed by atoms with Crippen LogP contribution < -0.4 is 5.73 Å². The number of carbonyl (C=O) groups is 1. The van der Waals surface area contributed by atoms with Crippen molar-refractivity contribution in [3.8, 4) is 11.1 Å². The van der Waals surface area contributed by atoms with Crippen molar-refractivity contribution in [2.45, 2.75) is 44.6 Å². The Hall–Kier alpha value is -3.47. The number of carbonyl (C=O) groups excluding carboxylic acids is 1. The van der Waals surface area contributed by atoms with Crippen LogP contribution in [0.4, 0.5) is 4.39 Å². The van der Waals surface area contributed by atoms with E-state index in [1.54, 1.807) is 13.1 Å². The van der Waals surface area contributed by atoms with Gasteiger partial charge in [0.15, 0.2) is 11.5 Å². The minimum atomic E-state index is -1.04. The Kier molecular flexibility index (Phi) is 4.50. The third-order valence-corrected chi connectivity index (χ3v) is 8.28. The lowest BCUT2D eigenvalue weighted by Crippen LogP contribution is -2.49. The second-order valence-corrected chi connectivity index (χ2v) is 10.2. The average Bonchev–Trinajstić information content (AvgIpc) is 3.11. The first-order valence-corrected chi connectivity index (χ1v) is 11.9. The van der Waals surface area contributed by atoms with Gasteiger partial charge in [-0.2, -0.15) is 0 Å². The van der Waals surface area contributed by atoms with Crippen LogP contribution in [0.1, 0.15) is 40.7 Å². The van der Waals surface area contributed by atoms with E-state index < -0.39 is 5.54 Å². The molecule has 2 aliphatic carbocycles. The summed E-state index contributed by atoms with van der Waals surface area (Å²) in [5, 5.41) is 0. The van der Waals surface area contributed by atoms with Crippen LogP contribution >= 0.6 is 0 Å². The number of halogens is 1. The molecule has 0 aromatic heterocycles. The molecule has 3 aromatic rings. The topological polar surface area (TPSA) is 58.7 Å². The van der Waals surface area contributed by atoms with Gasteiger partial charge in [0, 0.05) is 12.5 Å². The number of rotatable bonds is 1. The second-order valence-electron chi connectivity index (χ2n) is 10.2. The van der Waals surface area contributed by atoms with Gasteiger partial charge < -0.3 is 5.73 Å². The highest BCUT2D eigenvalue weighted by Gasteiger charge is 2.65. The fraction of sp³-hybridized carbons (Fsp3) is 0.310. The normalized spacial score (nSPS) is 22.6. The minimum absolute atomic E-state index is 0.0534. The molecular formula is C29H28FN3O. The van der Waals surface area contributed by atoms with Crippen LogP contribution in [0.25, 0.3) is 11.1 Å². The molecule has 1 heterocycles. The Labute approximate surface area is 199 Å². The monoisotopic (exact) mass is 453 g/mol. The molecule has 1 amide bonds. The molecule has 3 aliphatic rings. The maximum absolute atomic E-state index is 14.2. The van der Waals surface area contributed by atoms with E-state index in [2.05, 4.69) is 36.4 Å². The summed E-state index contributed by atoms with van der Waals surface area (Å²) >= 11 is 0. The molecule has 1 unspecified atom stereocenters. The lowest BCUT2D eigenvalue weighted by atomic mass is 9.65. The Morgan fingerprint density at radius 3 is 2.26 bits per heavy atom. The van der Waals surface area contributed by atoms with Crippen molar-refractivity contribution in [1.29, 1.82) is 0 Å². The summed E-state index contributed by atoms with van der Waals surface area (Å²) in [5.74, 6) is -0.0459. The van der Waals surface area contributed by atoms with Gasteiger partial charge in [0.25, 0.3) is 5.91 Å². The maximum Gasteiger partial charge on any atom is 0.262 e. The van der Waals surface area contributed by atoms with Crippen LogP contribution in [0, 0.1) is 18.2 Å². The van der Waals surface area contributed by atoms with E-state index in [0.717, 1.165) is 59.9 Å². The summed E-state index contributed by atoms with van der Waals surface area (Å²) in [6.07, 6.45) is 4.34. The van der Waals surface area contributed by atoms with Crippen LogP contribution in [-0.4, -0.2) is 23.8 Å². The fourth-order valence-electron chi connectivity index (χ4n) is 6.55. The smallest absolute Gasteiger partial charge is 0.262 e. The van der Waals surface area contributed by atoms with Crippen molar-refractivity contribution >= 4 is 11.9 Å². The SMILES string of the molecule is Cc1cc(F)cc(-c2ccc3c(c2)C2(N=C(N)N(C)C2=O)C2(CCc4ccccc4CC2)C3)c1. The van der Waals surface area contributed by atoms with Crippen LogP contribution in [-0.2, 0) is 29.6 Å². The van der Waals surface area contributed by atoms with Crippen molar-refractivity contribution < 1.29 is 9.18 Å². The van der Waals surface area contributed by atoms with Crippen molar-refractivity contribution in [2.24, 2.45) is 16.1 Å². The van der Waals surface area contributed by atoms with Gasteiger partial charge >= 0.3 is 0 Å². The second kappa shape index (κ2) is 7.26. The van der Waals surface area contributed by atoms with E-state index in [9.17, 15) is 9.18 Å². The van der Waals surface area contributed by atoms with E-state index >= 15 is 0 Å². The Bertz CT molecular complexity index is 1330. The van der Waals surface area contributed by atoms with E-state index in [1.807, 2.05) is 19.1 Å². The molecule has 34 heavy (non-hydrogen) atoms. The first-order chi connectivity index (χ1) is 16.3. The van der Waals surface area contributed by atoms with Gasteiger partial charge in [-0.1, -0.05) is 42.5 Å². The van der Waals surface area contributed by atoms with Gasteiger partial charge in [-0.3, -0.25) is 9.69 Å². The minimum Gasteiger partial charge on any atom is -0.369 e. The number of fused-ring (bicyclic) bond motifs is 4. The molecule has 0 saturated carbocycles. The summed E-state index contributed by atoms with van der Waals surface area (Å²) in [7, 11) is 1.72. The summed E-state index contributed by atoms with van der Waals surface area (Å²) in [4.78, 5) is 20.5. The zero-order chi connectivity index (χ0) is 23.7. The Morgan fingerprint density at radius 1 is 0.941 bits per heavy atom. The average molecular weight is 454 g/mol. The quantitative estimate of drug-likeness (QED) is 0.570. The third kappa shape index (κ3) is 2.82. The van der Waals surface area contributed by atoms with Gasteiger partial charge in [0.05, 0.1) is 0 Å². The molecule has 6 rings (SSSR count). The number of guanidine groups is 1. The molecule has 3 aromatic carbocycles. The Morgan fingerprint density at radius 2 is 1.65 bits per heavy atom. The fourth-order valence-corrected chi connectivity index (χ4v) is 6.55. The maximum atomic E-state index is 14.2. The van der Waals surface area contributed by atoms with Crippen molar-refractivity contribution in [3.63, 3.8) is 0 Å². The lowest BCUT2D eigenvalue weighted by molar-refractivity contribution is -0.135. The largest absolute Gasteiger partial charge is 0.369 e. The molecule has 0 saturated heterocycles. The third-order valence-electron chi connectivity index (χ3n) is 8.28.